The molecule has 1 fully saturated rings. The van der Waals surface area contributed by atoms with Gasteiger partial charge >= 0.3 is 23.5 Å². The van der Waals surface area contributed by atoms with Crippen LogP contribution in [0.3, 0.4) is 0 Å². The van der Waals surface area contributed by atoms with Gasteiger partial charge in [0.25, 0.3) is 5.91 Å². The average molecular weight is 518 g/mol. The maximum atomic E-state index is 11.9. The van der Waals surface area contributed by atoms with Crippen molar-refractivity contribution >= 4 is 29.4 Å². The molecule has 6 N–H and O–H groups in total. The van der Waals surface area contributed by atoms with Gasteiger partial charge in [-0.1, -0.05) is 19.4 Å². The molecule has 0 radical (unpaired) electrons. The smallest absolute Gasteiger partial charge is 0.373 e. The summed E-state index contributed by atoms with van der Waals surface area (Å²) >= 11 is 0. The SMILES string of the molecule is C#CC1(O)[C@@H](C)[C@@H](COP(=O)(O)OP(=O)(O)OP(=O)(O)O)O[C@H]1N1C=C(C)C(=O)NC1=C. The molecule has 1 saturated heterocycles. The van der Waals surface area contributed by atoms with Gasteiger partial charge in [-0.15, -0.1) is 6.42 Å². The zero-order valence-corrected chi connectivity index (χ0v) is 19.3. The molecule has 0 saturated carbocycles. The third-order valence-electron chi connectivity index (χ3n) is 4.49. The van der Waals surface area contributed by atoms with Gasteiger partial charge in [-0.3, -0.25) is 9.32 Å². The van der Waals surface area contributed by atoms with Crippen molar-refractivity contribution in [2.45, 2.75) is 31.8 Å². The van der Waals surface area contributed by atoms with E-state index in [0.29, 0.717) is 0 Å². The molecule has 0 aromatic heterocycles. The number of hydrogen-bond donors (Lipinski definition) is 6. The van der Waals surface area contributed by atoms with Crippen molar-refractivity contribution in [1.29, 1.82) is 0 Å². The fraction of sp³-hybridized carbons (Fsp3) is 0.500. The molecule has 0 aliphatic carbocycles. The highest BCUT2D eigenvalue weighted by atomic mass is 31.3. The minimum Gasteiger partial charge on any atom is -0.373 e. The molecule has 3 unspecified atom stereocenters. The van der Waals surface area contributed by atoms with Crippen LogP contribution in [0, 0.1) is 18.3 Å². The number of hydrogen-bond acceptors (Lipinski definition) is 10. The second-order valence-corrected chi connectivity index (χ2v) is 11.2. The van der Waals surface area contributed by atoms with Crippen LogP contribution in [-0.4, -0.2) is 60.0 Å². The van der Waals surface area contributed by atoms with E-state index < -0.39 is 59.8 Å². The van der Waals surface area contributed by atoms with E-state index >= 15 is 0 Å². The largest absolute Gasteiger partial charge is 0.490 e. The van der Waals surface area contributed by atoms with Crippen molar-refractivity contribution in [3.63, 3.8) is 0 Å². The molecule has 0 spiro atoms. The van der Waals surface area contributed by atoms with Crippen LogP contribution in [0.1, 0.15) is 13.8 Å². The molecule has 15 nitrogen and oxygen atoms in total. The van der Waals surface area contributed by atoms with Gasteiger partial charge < -0.3 is 39.6 Å². The molecule has 2 rings (SSSR count). The Balaban J connectivity index is 2.17. The maximum absolute atomic E-state index is 11.9. The maximum Gasteiger partial charge on any atom is 0.490 e. The molecule has 0 aromatic carbocycles. The van der Waals surface area contributed by atoms with E-state index in [2.05, 4.69) is 31.0 Å². The lowest BCUT2D eigenvalue weighted by molar-refractivity contribution is -0.121. The monoisotopic (exact) mass is 518 g/mol. The number of nitrogens with zero attached hydrogens (tertiary/aromatic N) is 1. The van der Waals surface area contributed by atoms with Crippen LogP contribution in [0.15, 0.2) is 24.2 Å². The summed E-state index contributed by atoms with van der Waals surface area (Å²) in [6.07, 6.45) is 4.29. The van der Waals surface area contributed by atoms with Crippen molar-refractivity contribution in [3.05, 3.63) is 24.2 Å². The van der Waals surface area contributed by atoms with Crippen molar-refractivity contribution in [2.75, 3.05) is 6.61 Å². The van der Waals surface area contributed by atoms with E-state index in [9.17, 15) is 33.4 Å². The number of amides is 1. The minimum absolute atomic E-state index is 0.0278. The molecule has 180 valence electrons. The zero-order valence-electron chi connectivity index (χ0n) is 16.6. The number of terminal acetylenes is 1. The lowest BCUT2D eigenvalue weighted by Gasteiger charge is -2.37. The topological polar surface area (TPSA) is 222 Å². The van der Waals surface area contributed by atoms with Gasteiger partial charge in [-0.05, 0) is 6.92 Å². The first-order valence-electron chi connectivity index (χ1n) is 8.52. The molecular formula is C14H21N2O13P3. The van der Waals surface area contributed by atoms with Crippen molar-refractivity contribution in [3.8, 4) is 12.3 Å². The van der Waals surface area contributed by atoms with Crippen LogP contribution in [0.4, 0.5) is 0 Å². The lowest BCUT2D eigenvalue weighted by atomic mass is 9.86. The summed E-state index contributed by atoms with van der Waals surface area (Å²) in [6.45, 7) is 5.73. The van der Waals surface area contributed by atoms with Gasteiger partial charge in [0.05, 0.1) is 12.7 Å². The summed E-state index contributed by atoms with van der Waals surface area (Å²) in [4.78, 5) is 48.9. The van der Waals surface area contributed by atoms with Gasteiger partial charge in [0, 0.05) is 17.7 Å². The summed E-state index contributed by atoms with van der Waals surface area (Å²) < 4.78 is 51.5. The van der Waals surface area contributed by atoms with Crippen LogP contribution < -0.4 is 5.32 Å². The van der Waals surface area contributed by atoms with Gasteiger partial charge in [-0.2, -0.15) is 8.62 Å². The number of aliphatic hydroxyl groups is 1. The van der Waals surface area contributed by atoms with Gasteiger partial charge in [-0.25, -0.2) is 13.7 Å². The highest BCUT2D eigenvalue weighted by molar-refractivity contribution is 7.66. The third kappa shape index (κ3) is 6.15. The van der Waals surface area contributed by atoms with E-state index in [0.717, 1.165) is 0 Å². The van der Waals surface area contributed by atoms with Crippen molar-refractivity contribution in [1.82, 2.24) is 10.2 Å². The quantitative estimate of drug-likeness (QED) is 0.182. The first kappa shape index (κ1) is 26.9. The first-order chi connectivity index (χ1) is 14.4. The van der Waals surface area contributed by atoms with Crippen LogP contribution >= 0.6 is 23.5 Å². The Morgan fingerprint density at radius 2 is 1.88 bits per heavy atom. The summed E-state index contributed by atoms with van der Waals surface area (Å²) in [6, 6.07) is 0. The van der Waals surface area contributed by atoms with E-state index in [4.69, 9.17) is 20.9 Å². The zero-order chi connectivity index (χ0) is 24.7. The summed E-state index contributed by atoms with van der Waals surface area (Å²) in [5.41, 5.74) is -1.77. The van der Waals surface area contributed by atoms with E-state index in [1.807, 2.05) is 0 Å². The molecule has 2 heterocycles. The number of nitrogens with one attached hydrogen (secondary N) is 1. The second-order valence-electron chi connectivity index (χ2n) is 6.79. The number of ether oxygens (including phenoxy) is 1. The average Bonchev–Trinajstić information content (AvgIpc) is 2.85. The Morgan fingerprint density at radius 1 is 1.28 bits per heavy atom. The predicted octanol–water partition coefficient (Wildman–Crippen LogP) is -0.138. The summed E-state index contributed by atoms with van der Waals surface area (Å²) in [7, 11) is -16.6. The summed E-state index contributed by atoms with van der Waals surface area (Å²) in [5, 5.41) is 13.4. The normalized spacial score (nSPS) is 32.5. The van der Waals surface area contributed by atoms with Crippen LogP contribution in [0.2, 0.25) is 0 Å². The predicted molar refractivity (Wildman–Crippen MR) is 104 cm³/mol. The Labute approximate surface area is 182 Å². The molecule has 2 aliphatic heterocycles. The Morgan fingerprint density at radius 3 is 2.41 bits per heavy atom. The molecule has 0 aromatic rings. The molecular weight excluding hydrogens is 497 g/mol. The van der Waals surface area contributed by atoms with E-state index in [1.165, 1.54) is 24.9 Å². The van der Waals surface area contributed by atoms with Crippen LogP contribution in [-0.2, 0) is 36.4 Å². The van der Waals surface area contributed by atoms with Crippen molar-refractivity contribution < 1.29 is 61.1 Å². The molecule has 1 amide bonds. The number of phosphoric ester groups is 1. The van der Waals surface area contributed by atoms with Gasteiger partial charge in [0.15, 0.2) is 11.8 Å². The standard InChI is InChI=1S/C14H21N2O13P3/c1-5-14(18)9(3)11(27-13(14)16-6-8(2)12(17)15-10(16)4)7-26-31(22,23)29-32(24,25)28-30(19,20)21/h1,6,9,11,13,18H,4,7H2,2-3H3,(H,15,17)(H,22,23)(H,24,25)(H2,19,20,21)/t9-,11+,13+,14?/m0/s1. The fourth-order valence-corrected chi connectivity index (χ4v) is 5.91. The number of phosphoric acid groups is 3. The highest BCUT2D eigenvalue weighted by Gasteiger charge is 2.56. The molecule has 32 heavy (non-hydrogen) atoms. The number of carbonyl (C=O) groups excluding carboxylic acids is 1. The second kappa shape index (κ2) is 9.12. The van der Waals surface area contributed by atoms with Gasteiger partial charge in [0.1, 0.15) is 5.82 Å². The van der Waals surface area contributed by atoms with E-state index in [-0.39, 0.29) is 11.4 Å². The molecule has 0 bridgehead atoms. The number of carbonyl (C=O) groups is 1. The Bertz CT molecular complexity index is 1020. The van der Waals surface area contributed by atoms with Crippen LogP contribution in [0.5, 0.6) is 0 Å². The Kier molecular flexibility index (Phi) is 7.66. The molecule has 6 atom stereocenters. The molecule has 2 aliphatic rings. The Hall–Kier alpha value is -1.36. The highest BCUT2D eigenvalue weighted by Crippen LogP contribution is 2.66. The lowest BCUT2D eigenvalue weighted by Crippen LogP contribution is -2.53. The number of rotatable bonds is 8. The first-order valence-corrected chi connectivity index (χ1v) is 13.0. The van der Waals surface area contributed by atoms with Gasteiger partial charge in [0.2, 0.25) is 0 Å². The van der Waals surface area contributed by atoms with Crippen LogP contribution in [0.25, 0.3) is 0 Å². The minimum atomic E-state index is -5.69. The summed E-state index contributed by atoms with van der Waals surface area (Å²) in [5.74, 6) is 0.805. The van der Waals surface area contributed by atoms with Crippen molar-refractivity contribution in [2.24, 2.45) is 5.92 Å². The third-order valence-corrected chi connectivity index (χ3v) is 8.30. The van der Waals surface area contributed by atoms with E-state index in [1.54, 1.807) is 0 Å². The fourth-order valence-electron chi connectivity index (χ4n) is 2.88. The molecule has 18 heteroatoms.